The maximum atomic E-state index is 5.18. The van der Waals surface area contributed by atoms with E-state index in [-0.39, 0.29) is 5.41 Å². The molecule has 8 aromatic carbocycles. The molecule has 0 atom stereocenters. The van der Waals surface area contributed by atoms with Crippen molar-refractivity contribution in [2.45, 2.75) is 32.1 Å². The lowest BCUT2D eigenvalue weighted by Crippen LogP contribution is -2.25. The van der Waals surface area contributed by atoms with Gasteiger partial charge in [0.1, 0.15) is 0 Å². The molecule has 2 aromatic heterocycles. The van der Waals surface area contributed by atoms with Gasteiger partial charge in [0.25, 0.3) is 0 Å². The first-order valence-corrected chi connectivity index (χ1v) is 23.0. The monoisotopic (exact) mass is 837 g/mol. The van der Waals surface area contributed by atoms with Crippen LogP contribution in [0.5, 0.6) is 0 Å². The molecule has 0 aliphatic heterocycles. The Kier molecular flexibility index (Phi) is 9.17. The first-order chi connectivity index (χ1) is 31.4. The molecule has 2 aliphatic rings. The lowest BCUT2D eigenvalue weighted by atomic mass is 9.81. The average molecular weight is 838 g/mol. The van der Waals surface area contributed by atoms with Crippen molar-refractivity contribution in [3.05, 3.63) is 221 Å². The lowest BCUT2D eigenvalue weighted by molar-refractivity contribution is 0.660. The second kappa shape index (κ2) is 15.4. The molecule has 304 valence electrons. The van der Waals surface area contributed by atoms with E-state index in [1.165, 1.54) is 81.0 Å². The minimum atomic E-state index is -0.0728. The fraction of sp³-hybridized carbons (Fsp3) is 0.0833. The van der Waals surface area contributed by atoms with Crippen LogP contribution in [-0.2, 0) is 5.41 Å². The zero-order valence-electron chi connectivity index (χ0n) is 35.7. The maximum absolute atomic E-state index is 5.18. The topological polar surface area (TPSA) is 38.7 Å². The van der Waals surface area contributed by atoms with Crippen LogP contribution in [0.25, 0.3) is 100 Å². The van der Waals surface area contributed by atoms with Gasteiger partial charge >= 0.3 is 0 Å². The summed E-state index contributed by atoms with van der Waals surface area (Å²) in [7, 11) is 0. The highest BCUT2D eigenvalue weighted by molar-refractivity contribution is 7.17. The van der Waals surface area contributed by atoms with Gasteiger partial charge in [-0.25, -0.2) is 15.0 Å². The molecule has 64 heavy (non-hydrogen) atoms. The summed E-state index contributed by atoms with van der Waals surface area (Å²) in [4.78, 5) is 15.4. The highest BCUT2D eigenvalue weighted by Gasteiger charge is 2.35. The van der Waals surface area contributed by atoms with Crippen LogP contribution in [0.1, 0.15) is 43.4 Å². The molecule has 2 heterocycles. The fourth-order valence-electron chi connectivity index (χ4n) is 9.89. The number of nitrogens with zero attached hydrogens (tertiary/aromatic N) is 3. The third kappa shape index (κ3) is 6.61. The van der Waals surface area contributed by atoms with Crippen molar-refractivity contribution in [1.82, 2.24) is 15.0 Å². The van der Waals surface area contributed by atoms with Gasteiger partial charge in [-0.1, -0.05) is 190 Å². The number of thiophene rings is 1. The molecule has 12 rings (SSSR count). The number of fused-ring (bicyclic) bond motifs is 6. The minimum Gasteiger partial charge on any atom is -0.208 e. The van der Waals surface area contributed by atoms with Crippen LogP contribution in [-0.4, -0.2) is 15.0 Å². The number of hydrogen-bond acceptors (Lipinski definition) is 4. The summed E-state index contributed by atoms with van der Waals surface area (Å²) in [6.07, 6.45) is 4.44. The normalized spacial score (nSPS) is 13.6. The second-order valence-electron chi connectivity index (χ2n) is 17.5. The molecule has 3 nitrogen and oxygen atoms in total. The van der Waals surface area contributed by atoms with Crippen LogP contribution in [0.4, 0.5) is 0 Å². The summed E-state index contributed by atoms with van der Waals surface area (Å²) in [6.45, 7) is 4.66. The van der Waals surface area contributed by atoms with Gasteiger partial charge in [0.2, 0.25) is 0 Å². The van der Waals surface area contributed by atoms with Crippen molar-refractivity contribution in [1.29, 1.82) is 0 Å². The molecular weight excluding hydrogens is 795 g/mol. The van der Waals surface area contributed by atoms with Gasteiger partial charge in [0.15, 0.2) is 17.5 Å². The first-order valence-electron chi connectivity index (χ1n) is 22.1. The first kappa shape index (κ1) is 38.2. The summed E-state index contributed by atoms with van der Waals surface area (Å²) < 4.78 is 2.69. The Hall–Kier alpha value is -7.53. The van der Waals surface area contributed by atoms with Crippen LogP contribution in [0.2, 0.25) is 0 Å². The maximum Gasteiger partial charge on any atom is 0.164 e. The summed E-state index contributed by atoms with van der Waals surface area (Å²) in [5.74, 6) is 1.97. The predicted octanol–water partition coefficient (Wildman–Crippen LogP) is 14.2. The molecule has 10 aromatic rings. The van der Waals surface area contributed by atoms with Crippen LogP contribution in [0.15, 0.2) is 194 Å². The van der Waals surface area contributed by atoms with Crippen LogP contribution >= 0.6 is 11.3 Å². The largest absolute Gasteiger partial charge is 0.208 e. The van der Waals surface area contributed by atoms with E-state index in [4.69, 9.17) is 15.0 Å². The smallest absolute Gasteiger partial charge is 0.164 e. The van der Waals surface area contributed by atoms with E-state index in [0.29, 0.717) is 17.5 Å². The summed E-state index contributed by atoms with van der Waals surface area (Å²) in [6, 6.07) is 70.0. The Bertz CT molecular complexity index is 3550. The molecule has 0 saturated heterocycles. The fourth-order valence-corrected chi connectivity index (χ4v) is 11.1. The lowest BCUT2D eigenvalue weighted by Gasteiger charge is -2.22. The van der Waals surface area contributed by atoms with E-state index in [0.717, 1.165) is 35.1 Å². The molecule has 0 radical (unpaired) electrons. The van der Waals surface area contributed by atoms with Crippen molar-refractivity contribution in [3.63, 3.8) is 0 Å². The van der Waals surface area contributed by atoms with Crippen molar-refractivity contribution in [3.8, 4) is 78.7 Å². The quantitative estimate of drug-likeness (QED) is 0.160. The zero-order chi connectivity index (χ0) is 42.8. The van der Waals surface area contributed by atoms with Gasteiger partial charge in [-0.05, 0) is 104 Å². The Balaban J connectivity index is 0.906. The minimum absolute atomic E-state index is 0.0728. The third-order valence-electron chi connectivity index (χ3n) is 13.3. The Morgan fingerprint density at radius 3 is 1.66 bits per heavy atom. The van der Waals surface area contributed by atoms with Gasteiger partial charge in [-0.3, -0.25) is 0 Å². The second-order valence-corrected chi connectivity index (χ2v) is 18.6. The number of aromatic nitrogens is 3. The van der Waals surface area contributed by atoms with Gasteiger partial charge in [0.05, 0.1) is 0 Å². The molecule has 0 fully saturated rings. The molecule has 0 amide bonds. The van der Waals surface area contributed by atoms with E-state index < -0.39 is 0 Å². The van der Waals surface area contributed by atoms with Crippen molar-refractivity contribution >= 4 is 33.1 Å². The van der Waals surface area contributed by atoms with Crippen molar-refractivity contribution in [2.75, 3.05) is 0 Å². The van der Waals surface area contributed by atoms with E-state index in [2.05, 4.69) is 196 Å². The van der Waals surface area contributed by atoms with Gasteiger partial charge < -0.3 is 0 Å². The molecule has 0 N–H and O–H groups in total. The van der Waals surface area contributed by atoms with Crippen LogP contribution < -0.4 is 9.75 Å². The van der Waals surface area contributed by atoms with Crippen LogP contribution in [0.3, 0.4) is 0 Å². The van der Waals surface area contributed by atoms with Crippen molar-refractivity contribution < 1.29 is 0 Å². The van der Waals surface area contributed by atoms with Gasteiger partial charge in [-0.15, -0.1) is 11.3 Å². The highest BCUT2D eigenvalue weighted by Crippen LogP contribution is 2.49. The molecule has 2 aliphatic carbocycles. The highest BCUT2D eigenvalue weighted by atomic mass is 32.1. The molecule has 4 heteroatoms. The van der Waals surface area contributed by atoms with Gasteiger partial charge in [-0.2, -0.15) is 0 Å². The van der Waals surface area contributed by atoms with Gasteiger partial charge in [0, 0.05) is 41.9 Å². The number of rotatable bonds is 7. The van der Waals surface area contributed by atoms with Crippen LogP contribution in [0, 0.1) is 0 Å². The Labute approximate surface area is 377 Å². The molecular formula is C60H43N3S. The zero-order valence-corrected chi connectivity index (χ0v) is 36.5. The number of benzene rings is 8. The van der Waals surface area contributed by atoms with E-state index in [1.54, 1.807) is 0 Å². The SMILES string of the molecule is CC1(C)c2ccccc2-c2ccc(-c3cccc(-c4nc(-c5ccccc5)nc(-c5ccc(C6=c7c(sc8ccc(-c9ccc(-c%10ccccc%10)cc9)cc78)=CCC6)cc5)n4)c3)cc21. The number of hydrogen-bond donors (Lipinski definition) is 0. The predicted molar refractivity (Wildman–Crippen MR) is 267 cm³/mol. The molecule has 0 bridgehead atoms. The summed E-state index contributed by atoms with van der Waals surface area (Å²) >= 11 is 1.90. The Morgan fingerprint density at radius 2 is 0.906 bits per heavy atom. The molecule has 0 saturated carbocycles. The van der Waals surface area contributed by atoms with E-state index in [1.807, 2.05) is 29.5 Å². The average Bonchev–Trinajstić information content (AvgIpc) is 3.85. The summed E-state index contributed by atoms with van der Waals surface area (Å²) in [5, 5.41) is 2.69. The van der Waals surface area contributed by atoms with E-state index >= 15 is 0 Å². The summed E-state index contributed by atoms with van der Waals surface area (Å²) in [5.41, 5.74) is 18.1. The third-order valence-corrected chi connectivity index (χ3v) is 14.4. The Morgan fingerprint density at radius 1 is 0.406 bits per heavy atom. The standard InChI is InChI=1S/C60H43N3S/c1-60(2)52-21-10-9-19-49(52)50-33-31-46(37-53(50)60)44-17-11-18-47(35-44)59-62-57(42-15-7-4-8-16-42)61-58(63-59)43-29-27-41(28-30-43)48-20-12-22-55-56(48)51-36-45(32-34-54(51)64-55)40-25-23-39(24-26-40)38-13-5-3-6-14-38/h3-11,13-19,21-37H,12,20H2,1-2H3. The molecule has 0 unspecified atom stereocenters. The van der Waals surface area contributed by atoms with E-state index in [9.17, 15) is 0 Å². The van der Waals surface area contributed by atoms with Crippen molar-refractivity contribution in [2.24, 2.45) is 0 Å². The molecule has 0 spiro atoms.